The highest BCUT2D eigenvalue weighted by molar-refractivity contribution is 7.13. The largest absolute Gasteiger partial charge is 0.497 e. The Morgan fingerprint density at radius 1 is 0.750 bits per heavy atom. The van der Waals surface area contributed by atoms with Crippen molar-refractivity contribution in [2.24, 2.45) is 0 Å². The number of fused-ring (bicyclic) bond motifs is 1. The lowest BCUT2D eigenvalue weighted by Gasteiger charge is -2.36. The summed E-state index contributed by atoms with van der Waals surface area (Å²) in [5.74, 6) is 2.24. The van der Waals surface area contributed by atoms with Gasteiger partial charge in [-0.1, -0.05) is 78.9 Å². The molecule has 0 N–H and O–H groups in total. The number of rotatable bonds is 8. The molecule has 3 nitrogen and oxygen atoms in total. The van der Waals surface area contributed by atoms with Crippen LogP contribution in [-0.2, 0) is 0 Å². The van der Waals surface area contributed by atoms with Crippen LogP contribution in [0.25, 0.3) is 10.8 Å². The maximum atomic E-state index is 5.98. The fourth-order valence-electron chi connectivity index (χ4n) is 4.73. The van der Waals surface area contributed by atoms with Gasteiger partial charge in [0, 0.05) is 17.3 Å². The molecule has 1 atom stereocenters. The Morgan fingerprint density at radius 3 is 2.00 bits per heavy atom. The minimum atomic E-state index is -2.68. The minimum Gasteiger partial charge on any atom is -0.497 e. The summed E-state index contributed by atoms with van der Waals surface area (Å²) in [7, 11) is 2.39. The summed E-state index contributed by atoms with van der Waals surface area (Å²) in [6, 6.07) is 30.6. The average Bonchev–Trinajstić information content (AvgIpc) is 2.86. The van der Waals surface area contributed by atoms with Crippen molar-refractivity contribution in [3.8, 4) is 17.2 Å². The summed E-state index contributed by atoms with van der Waals surface area (Å²) < 4.78 is 17.5. The van der Waals surface area contributed by atoms with Crippen molar-refractivity contribution in [2.45, 2.75) is 6.04 Å². The summed E-state index contributed by atoms with van der Waals surface area (Å²) in [5, 5.41) is 6.13. The zero-order chi connectivity index (χ0) is 22.6. The first kappa shape index (κ1) is 21.7. The molecule has 0 fully saturated rings. The number of ether oxygens (including phenoxy) is 3. The van der Waals surface area contributed by atoms with Crippen LogP contribution in [0.15, 0.2) is 97.6 Å². The second-order valence-corrected chi connectivity index (χ2v) is 11.5. The second kappa shape index (κ2) is 9.33. The summed E-state index contributed by atoms with van der Waals surface area (Å²) in [6.45, 7) is 4.18. The van der Waals surface area contributed by atoms with Crippen molar-refractivity contribution in [1.82, 2.24) is 0 Å². The van der Waals surface area contributed by atoms with E-state index in [2.05, 4.69) is 79.4 Å². The van der Waals surface area contributed by atoms with Gasteiger partial charge in [0.1, 0.15) is 17.2 Å². The number of allylic oxidation sites excluding steroid dienone is 1. The maximum Gasteiger partial charge on any atom is 0.162 e. The summed E-state index contributed by atoms with van der Waals surface area (Å²) in [6.07, 6.45) is 2.03. The third-order valence-corrected chi connectivity index (χ3v) is 11.0. The zero-order valence-corrected chi connectivity index (χ0v) is 19.8. The van der Waals surface area contributed by atoms with Crippen LogP contribution in [0.3, 0.4) is 0 Å². The fourth-order valence-corrected chi connectivity index (χ4v) is 9.71. The van der Waals surface area contributed by atoms with Gasteiger partial charge in [-0.2, -0.15) is 0 Å². The molecule has 0 saturated carbocycles. The molecular formula is C28H28O3Si. The zero-order valence-electron chi connectivity index (χ0n) is 18.8. The molecule has 0 aliphatic rings. The van der Waals surface area contributed by atoms with Crippen LogP contribution >= 0.6 is 0 Å². The smallest absolute Gasteiger partial charge is 0.162 e. The Bertz CT molecular complexity index is 1210. The fraction of sp³-hybridized carbons (Fsp3) is 0.143. The van der Waals surface area contributed by atoms with Gasteiger partial charge in [0.2, 0.25) is 0 Å². The third-order valence-electron chi connectivity index (χ3n) is 6.11. The van der Waals surface area contributed by atoms with E-state index in [0.29, 0.717) is 5.75 Å². The van der Waals surface area contributed by atoms with Crippen LogP contribution < -0.4 is 29.8 Å². The predicted molar refractivity (Wildman–Crippen MR) is 136 cm³/mol. The highest BCUT2D eigenvalue weighted by atomic mass is 28.3. The monoisotopic (exact) mass is 440 g/mol. The summed E-state index contributed by atoms with van der Waals surface area (Å²) in [4.78, 5) is 0. The Balaban J connectivity index is 2.21. The van der Waals surface area contributed by atoms with Gasteiger partial charge >= 0.3 is 0 Å². The van der Waals surface area contributed by atoms with Gasteiger partial charge < -0.3 is 14.2 Å². The summed E-state index contributed by atoms with van der Waals surface area (Å²) in [5.41, 5.74) is 0. The molecule has 0 bridgehead atoms. The highest BCUT2D eigenvalue weighted by Gasteiger charge is 2.44. The molecule has 0 amide bonds. The average molecular weight is 441 g/mol. The van der Waals surface area contributed by atoms with E-state index in [1.54, 1.807) is 21.3 Å². The van der Waals surface area contributed by atoms with Crippen molar-refractivity contribution >= 4 is 34.4 Å². The van der Waals surface area contributed by atoms with Crippen LogP contribution in [0.4, 0.5) is 0 Å². The molecule has 0 heterocycles. The van der Waals surface area contributed by atoms with Crippen molar-refractivity contribution in [1.29, 1.82) is 0 Å². The van der Waals surface area contributed by atoms with Gasteiger partial charge in [0.05, 0.1) is 21.3 Å². The molecule has 0 unspecified atom stereocenters. The van der Waals surface area contributed by atoms with Crippen LogP contribution in [-0.4, -0.2) is 29.4 Å². The number of hydrogen-bond donors (Lipinski definition) is 0. The number of hydrogen-bond acceptors (Lipinski definition) is 3. The van der Waals surface area contributed by atoms with Gasteiger partial charge in [-0.05, 0) is 27.2 Å². The van der Waals surface area contributed by atoms with Crippen molar-refractivity contribution < 1.29 is 14.2 Å². The van der Waals surface area contributed by atoms with Gasteiger partial charge in [-0.3, -0.25) is 0 Å². The lowest BCUT2D eigenvalue weighted by Crippen LogP contribution is -2.67. The molecule has 0 aliphatic carbocycles. The molecule has 0 aliphatic heterocycles. The van der Waals surface area contributed by atoms with Gasteiger partial charge in [0.15, 0.2) is 8.07 Å². The van der Waals surface area contributed by atoms with Crippen LogP contribution in [0.2, 0.25) is 6.04 Å². The van der Waals surface area contributed by atoms with Crippen molar-refractivity contribution in [2.75, 3.05) is 21.3 Å². The molecule has 0 saturated heterocycles. The van der Waals surface area contributed by atoms with Crippen LogP contribution in [0.1, 0.15) is 0 Å². The van der Waals surface area contributed by atoms with Crippen molar-refractivity contribution in [3.05, 3.63) is 97.6 Å². The Kier molecular flexibility index (Phi) is 6.33. The third kappa shape index (κ3) is 3.57. The van der Waals surface area contributed by atoms with E-state index in [-0.39, 0.29) is 0 Å². The van der Waals surface area contributed by atoms with E-state index in [1.807, 2.05) is 18.2 Å². The molecule has 4 rings (SSSR count). The van der Waals surface area contributed by atoms with Crippen molar-refractivity contribution in [3.63, 3.8) is 0 Å². The lowest BCUT2D eigenvalue weighted by atomic mass is 10.1. The molecule has 4 aromatic carbocycles. The molecule has 0 aromatic heterocycles. The molecule has 162 valence electrons. The topological polar surface area (TPSA) is 27.7 Å². The molecule has 0 radical (unpaired) electrons. The van der Waals surface area contributed by atoms with E-state index in [1.165, 1.54) is 21.1 Å². The molecule has 0 spiro atoms. The first-order valence-electron chi connectivity index (χ1n) is 10.6. The SMILES string of the molecule is C=CC[Si@](c1ccccc1)(c1c(OC)cc(OC)cc1OC)c1cccc2ccccc12. The van der Waals surface area contributed by atoms with E-state index >= 15 is 0 Å². The molecular weight excluding hydrogens is 412 g/mol. The van der Waals surface area contributed by atoms with E-state index in [0.717, 1.165) is 22.7 Å². The lowest BCUT2D eigenvalue weighted by molar-refractivity contribution is 0.379. The Morgan fingerprint density at radius 2 is 1.38 bits per heavy atom. The van der Waals surface area contributed by atoms with Crippen LogP contribution in [0, 0.1) is 0 Å². The summed E-state index contributed by atoms with van der Waals surface area (Å²) >= 11 is 0. The molecule has 4 aromatic rings. The highest BCUT2D eigenvalue weighted by Crippen LogP contribution is 2.31. The molecule has 32 heavy (non-hydrogen) atoms. The van der Waals surface area contributed by atoms with Crippen LogP contribution in [0.5, 0.6) is 17.2 Å². The number of benzene rings is 4. The first-order valence-corrected chi connectivity index (χ1v) is 12.9. The maximum absolute atomic E-state index is 5.98. The molecule has 4 heteroatoms. The van der Waals surface area contributed by atoms with E-state index in [4.69, 9.17) is 14.2 Å². The van der Waals surface area contributed by atoms with Gasteiger partial charge in [0.25, 0.3) is 0 Å². The van der Waals surface area contributed by atoms with E-state index in [9.17, 15) is 0 Å². The predicted octanol–water partition coefficient (Wildman–Crippen LogP) is 4.52. The Hall–Kier alpha value is -3.50. The standard InChI is InChI=1S/C28H28O3Si/c1-5-18-32(23-14-7-6-8-15-23,27-17-11-13-21-12-9-10-16-24(21)27)28-25(30-3)19-22(29-2)20-26(28)31-4/h5-17,19-20H,1,18H2,2-4H3/t32-/m1/s1. The Labute approximate surface area is 190 Å². The second-order valence-electron chi connectivity index (χ2n) is 7.70. The van der Waals surface area contributed by atoms with Gasteiger partial charge in [-0.25, -0.2) is 0 Å². The minimum absolute atomic E-state index is 0.704. The quantitative estimate of drug-likeness (QED) is 0.229. The first-order chi connectivity index (χ1) is 15.7. The number of methoxy groups -OCH3 is 3. The van der Waals surface area contributed by atoms with Gasteiger partial charge in [-0.15, -0.1) is 6.58 Å². The normalized spacial score (nSPS) is 12.7. The van der Waals surface area contributed by atoms with E-state index < -0.39 is 8.07 Å².